The van der Waals surface area contributed by atoms with Gasteiger partial charge < -0.3 is 33.2 Å². The van der Waals surface area contributed by atoms with Crippen molar-refractivity contribution in [2.75, 3.05) is 25.5 Å². The minimum atomic E-state index is -3.64. The molecule has 10 rings (SSSR count). The highest BCUT2D eigenvalue weighted by Crippen LogP contribution is 2.73. The highest BCUT2D eigenvalue weighted by molar-refractivity contribution is 7.54. The molecule has 8 fully saturated rings. The van der Waals surface area contributed by atoms with Crippen LogP contribution in [0.15, 0.2) is 60.7 Å². The Morgan fingerprint density at radius 2 is 0.949 bits per heavy atom. The number of benzene rings is 2. The fourth-order valence-electron chi connectivity index (χ4n) is 22.9. The van der Waals surface area contributed by atoms with Crippen molar-refractivity contribution in [1.82, 2.24) is 0 Å². The van der Waals surface area contributed by atoms with Crippen molar-refractivity contribution in [3.05, 3.63) is 60.7 Å². The predicted molar refractivity (Wildman–Crippen MR) is 402 cm³/mol. The lowest BCUT2D eigenvalue weighted by molar-refractivity contribution is -0.203. The highest BCUT2D eigenvalue weighted by Gasteiger charge is 2.68. The normalized spacial score (nSPS) is 38.2. The molecule has 8 saturated carbocycles. The second-order valence-electron chi connectivity index (χ2n) is 36.9. The topological polar surface area (TPSA) is 173 Å². The van der Waals surface area contributed by atoms with Gasteiger partial charge in [-0.05, 0) is 277 Å². The molecule has 0 aromatic heterocycles. The third-order valence-corrected chi connectivity index (χ3v) is 37.6. The molecular formula is C83H138O13P2Si. The molecular weight excluding hydrogens is 1290 g/mol. The largest absolute Gasteiger partial charge is 0.463 e. The molecule has 0 aliphatic heterocycles. The van der Waals surface area contributed by atoms with E-state index in [2.05, 4.69) is 96.2 Å². The van der Waals surface area contributed by atoms with Crippen LogP contribution >= 0.6 is 15.2 Å². The molecule has 16 heteroatoms. The smallest absolute Gasteiger partial charge is 0.380 e. The van der Waals surface area contributed by atoms with Crippen LogP contribution in [0.1, 0.15) is 240 Å². The average Bonchev–Trinajstić information content (AvgIpc) is 1.70. The molecule has 0 amide bonds. The van der Waals surface area contributed by atoms with Crippen LogP contribution in [0.3, 0.4) is 0 Å². The molecule has 2 aromatic rings. The molecule has 0 heterocycles. The Morgan fingerprint density at radius 3 is 1.38 bits per heavy atom. The Labute approximate surface area is 601 Å². The van der Waals surface area contributed by atoms with Crippen molar-refractivity contribution in [3.8, 4) is 11.5 Å². The number of aliphatic hydroxyl groups excluding tert-OH is 2. The summed E-state index contributed by atoms with van der Waals surface area (Å²) in [6, 6.07) is 18.2. The molecule has 26 atom stereocenters. The lowest BCUT2D eigenvalue weighted by Gasteiger charge is -2.66. The van der Waals surface area contributed by atoms with E-state index in [1.165, 1.54) is 57.8 Å². The zero-order chi connectivity index (χ0) is 72.6. The number of carbonyl (C=O) groups is 2. The standard InChI is InChI=1S/C45H77O6PSi.C38H61O7P/c1-14-35-39-28-31(4)22-25-45(39,11)38-23-26-44(10)36(20-21-37(44)40(38)41(35)51-53(12,13)43(7,8)9)32(5)24-27-48-52(47,50-34-18-16-15-17-19-34)29-33(6)42(46)49-30(2)3;1-8-29-33-22-27(39)16-19-38(33,7)32-17-20-37(6)30(14-15-31(37)34(32)35(29)40)25(4)18-21-43-46(42,45-28-12-10-9-11-13-28)23-26(5)36(41)44-24(2)3/h15-19,30-33,35-41H,14,20-29H2,1-13H3;9-13,24-27,29-35,39-40H,8,14-23H2,1-7H3/t31-,32-,33-,35-,36-,37?,38?,39?,40?,41-,44-,45-,52-;25-,26-,27-,29-,30-,31?,32?,33?,34?,35-,37-,38-,46-/m11/s1. The van der Waals surface area contributed by atoms with Crippen molar-refractivity contribution in [1.29, 1.82) is 0 Å². The van der Waals surface area contributed by atoms with E-state index in [0.717, 1.165) is 75.5 Å². The van der Waals surface area contributed by atoms with Crippen LogP contribution in [0.4, 0.5) is 0 Å². The zero-order valence-corrected chi connectivity index (χ0v) is 68.1. The monoisotopic (exact) mass is 1430 g/mol. The summed E-state index contributed by atoms with van der Waals surface area (Å²) in [6.07, 6.45) is 19.7. The van der Waals surface area contributed by atoms with Gasteiger partial charge in [0, 0.05) is 0 Å². The van der Waals surface area contributed by atoms with Crippen LogP contribution in [0.2, 0.25) is 18.1 Å². The fourth-order valence-corrected chi connectivity index (χ4v) is 28.0. The van der Waals surface area contributed by atoms with E-state index in [0.29, 0.717) is 101 Å². The summed E-state index contributed by atoms with van der Waals surface area (Å²) in [6.45, 7) is 45.8. The van der Waals surface area contributed by atoms with E-state index in [9.17, 15) is 28.9 Å². The minimum Gasteiger partial charge on any atom is -0.463 e. The number of para-hydroxylation sites is 2. The Balaban J connectivity index is 0.000000234. The first-order valence-corrected chi connectivity index (χ1v) is 46.2. The van der Waals surface area contributed by atoms with Crippen molar-refractivity contribution < 1.29 is 60.9 Å². The number of esters is 2. The van der Waals surface area contributed by atoms with E-state index >= 15 is 0 Å². The van der Waals surface area contributed by atoms with Crippen LogP contribution in [0, 0.1) is 122 Å². The molecule has 99 heavy (non-hydrogen) atoms. The van der Waals surface area contributed by atoms with Gasteiger partial charge in [0.2, 0.25) is 0 Å². The molecule has 0 spiro atoms. The van der Waals surface area contributed by atoms with Crippen LogP contribution in [-0.2, 0) is 41.7 Å². The molecule has 562 valence electrons. The van der Waals surface area contributed by atoms with E-state index in [1.54, 1.807) is 52.0 Å². The SMILES string of the molecule is CC[C@@H]1C2C[C@H](C)CC[C@]2(C)C2CC[C@@]3(C)C(CC[C@@H]3[C@H](C)CCO[P@](=O)(C[C@@H](C)C(=O)OC(C)C)Oc3ccccc3)C2[C@@H]1O[Si](C)(C)C(C)(C)C.CC[C@@H]1C2C[C@H](O)CC[C@]2(C)C2CC[C@@]3(C)C(CC[C@@H]3[C@H](C)CCO[P@](=O)(C[C@@H](C)C(=O)OC(C)C)Oc3ccccc3)C2[C@@H]1O. The van der Waals surface area contributed by atoms with Gasteiger partial charge >= 0.3 is 27.1 Å². The number of hydrogen-bond acceptors (Lipinski definition) is 13. The van der Waals surface area contributed by atoms with Gasteiger partial charge in [-0.25, -0.2) is 9.13 Å². The summed E-state index contributed by atoms with van der Waals surface area (Å²) in [5.41, 5.74) is 0.999. The van der Waals surface area contributed by atoms with Gasteiger partial charge in [0.25, 0.3) is 0 Å². The molecule has 0 bridgehead atoms. The third kappa shape index (κ3) is 17.3. The van der Waals surface area contributed by atoms with E-state index in [1.807, 2.05) is 50.2 Å². The predicted octanol–water partition coefficient (Wildman–Crippen LogP) is 21.3. The Hall–Kier alpha value is -2.54. The summed E-state index contributed by atoms with van der Waals surface area (Å²) >= 11 is 0. The van der Waals surface area contributed by atoms with Gasteiger partial charge in [-0.3, -0.25) is 18.6 Å². The Kier molecular flexibility index (Phi) is 26.3. The maximum Gasteiger partial charge on any atom is 0.380 e. The van der Waals surface area contributed by atoms with Crippen LogP contribution in [0.5, 0.6) is 11.5 Å². The van der Waals surface area contributed by atoms with Gasteiger partial charge in [0.05, 0.1) is 67.9 Å². The van der Waals surface area contributed by atoms with Gasteiger partial charge in [-0.15, -0.1) is 0 Å². The summed E-state index contributed by atoms with van der Waals surface area (Å²) < 4.78 is 71.4. The van der Waals surface area contributed by atoms with Crippen LogP contribution in [-0.4, -0.2) is 86.5 Å². The molecule has 0 radical (unpaired) electrons. The van der Waals surface area contributed by atoms with Gasteiger partial charge in [0.15, 0.2) is 8.32 Å². The molecule has 0 saturated heterocycles. The summed E-state index contributed by atoms with van der Waals surface area (Å²) in [5, 5.41) is 22.8. The van der Waals surface area contributed by atoms with Crippen molar-refractivity contribution in [3.63, 3.8) is 0 Å². The van der Waals surface area contributed by atoms with E-state index in [4.69, 9.17) is 32.0 Å². The van der Waals surface area contributed by atoms with Gasteiger partial charge in [-0.1, -0.05) is 153 Å². The summed E-state index contributed by atoms with van der Waals surface area (Å²) in [5.74, 6) is 7.01. The number of carbonyl (C=O) groups excluding carboxylic acids is 2. The quantitative estimate of drug-likeness (QED) is 0.0518. The lowest BCUT2D eigenvalue weighted by Crippen LogP contribution is -2.64. The van der Waals surface area contributed by atoms with E-state index < -0.39 is 41.3 Å². The maximum atomic E-state index is 14.3. The van der Waals surface area contributed by atoms with Gasteiger partial charge in [0.1, 0.15) is 11.5 Å². The number of ether oxygens (including phenoxy) is 2. The fraction of sp³-hybridized carbons (Fsp3) is 0.831. The third-order valence-electron chi connectivity index (χ3n) is 29.0. The zero-order valence-electron chi connectivity index (χ0n) is 65.3. The second-order valence-corrected chi connectivity index (χ2v) is 45.7. The van der Waals surface area contributed by atoms with Crippen molar-refractivity contribution in [2.45, 2.75) is 289 Å². The number of rotatable bonds is 26. The van der Waals surface area contributed by atoms with Crippen molar-refractivity contribution in [2.24, 2.45) is 122 Å². The number of aliphatic hydroxyl groups is 2. The lowest BCUT2D eigenvalue weighted by atomic mass is 9.41. The second kappa shape index (κ2) is 32.3. The highest BCUT2D eigenvalue weighted by atomic mass is 31.2. The number of hydrogen-bond donors (Lipinski definition) is 2. The van der Waals surface area contributed by atoms with Crippen molar-refractivity contribution >= 4 is 35.4 Å². The van der Waals surface area contributed by atoms with Crippen LogP contribution < -0.4 is 9.05 Å². The summed E-state index contributed by atoms with van der Waals surface area (Å²) in [4.78, 5) is 25.3. The molecule has 8 aliphatic carbocycles. The number of fused-ring (bicyclic) bond motifs is 10. The van der Waals surface area contributed by atoms with Crippen LogP contribution in [0.25, 0.3) is 0 Å². The Morgan fingerprint density at radius 1 is 0.545 bits per heavy atom. The molecule has 8 unspecified atom stereocenters. The summed E-state index contributed by atoms with van der Waals surface area (Å²) in [7, 11) is -9.29. The molecule has 2 aromatic carbocycles. The van der Waals surface area contributed by atoms with E-state index in [-0.39, 0.29) is 69.9 Å². The minimum absolute atomic E-state index is 0.0130. The molecule has 8 aliphatic rings. The first-order valence-electron chi connectivity index (χ1n) is 39.8. The average molecular weight is 1430 g/mol. The molecule has 13 nitrogen and oxygen atoms in total. The Bertz CT molecular complexity index is 3050. The van der Waals surface area contributed by atoms with Gasteiger partial charge in [-0.2, -0.15) is 0 Å². The first kappa shape index (κ1) is 80.6. The molecule has 2 N–H and O–H groups in total. The maximum absolute atomic E-state index is 14.3. The first-order chi connectivity index (χ1) is 46.4.